The maximum Gasteiger partial charge on any atom is 0.222 e. The second kappa shape index (κ2) is 13.6. The summed E-state index contributed by atoms with van der Waals surface area (Å²) in [5, 5.41) is 0.665. The molecule has 1 unspecified atom stereocenters. The van der Waals surface area contributed by atoms with E-state index in [0.29, 0.717) is 43.4 Å². The molecule has 9 nitrogen and oxygen atoms in total. The third kappa shape index (κ3) is 8.82. The smallest absolute Gasteiger partial charge is 0.222 e. The molecule has 188 valence electrons. The third-order valence-corrected chi connectivity index (χ3v) is 6.16. The minimum absolute atomic E-state index is 0. The lowest BCUT2D eigenvalue weighted by Gasteiger charge is -2.36. The molecule has 11 heteroatoms. The lowest BCUT2D eigenvalue weighted by atomic mass is 10.2. The van der Waals surface area contributed by atoms with Crippen molar-refractivity contribution in [2.24, 2.45) is 0 Å². The Kier molecular flexibility index (Phi) is 10.3. The van der Waals surface area contributed by atoms with Gasteiger partial charge in [0.05, 0.1) is 6.61 Å². The van der Waals surface area contributed by atoms with Crippen LogP contribution < -0.4 is 15.4 Å². The fraction of sp³-hybridized carbons (Fsp3) is 0.292. The van der Waals surface area contributed by atoms with Gasteiger partial charge in [-0.05, 0) is 72.1 Å². The van der Waals surface area contributed by atoms with Crippen molar-refractivity contribution >= 4 is 40.1 Å². The van der Waals surface area contributed by atoms with E-state index in [1.807, 2.05) is 17.0 Å². The molecule has 2 N–H and O–H groups in total. The van der Waals surface area contributed by atoms with Gasteiger partial charge in [-0.2, -0.15) is 0 Å². The number of carbonyl (C=O) groups excluding carboxylic acids is 1. The lowest BCUT2D eigenvalue weighted by Crippen LogP contribution is -2.48. The minimum Gasteiger partial charge on any atom is -0.768 e. The Balaban J connectivity index is 0.000000492. The summed E-state index contributed by atoms with van der Waals surface area (Å²) in [5.41, 5.74) is 6.18. The van der Waals surface area contributed by atoms with Gasteiger partial charge >= 0.3 is 0 Å². The summed E-state index contributed by atoms with van der Waals surface area (Å²) >= 11 is 3.63. The predicted octanol–water partition coefficient (Wildman–Crippen LogP) is 3.39. The molecule has 0 bridgehead atoms. The zero-order valence-electron chi connectivity index (χ0n) is 19.1. The SMILES string of the molecule is Nc1ccncn1.O=C(CCCOc1ccc(Cl)cc1)N1CCN(c2ccc(S(=O)[O-])cc2)CC1.[HH]. The molecule has 35 heavy (non-hydrogen) atoms. The van der Waals surface area contributed by atoms with Gasteiger partial charge in [0.15, 0.2) is 0 Å². The maximum atomic E-state index is 12.4. The molecular formula is C24H29ClN5O4S-. The second-order valence-electron chi connectivity index (χ2n) is 7.64. The number of amides is 1. The van der Waals surface area contributed by atoms with Crippen LogP contribution in [0.2, 0.25) is 5.02 Å². The molecule has 0 radical (unpaired) electrons. The highest BCUT2D eigenvalue weighted by atomic mass is 35.5. The van der Waals surface area contributed by atoms with Crippen LogP contribution in [0.4, 0.5) is 11.5 Å². The van der Waals surface area contributed by atoms with Gasteiger partial charge in [0.25, 0.3) is 0 Å². The van der Waals surface area contributed by atoms with E-state index in [0.717, 1.165) is 24.5 Å². The van der Waals surface area contributed by atoms with Crippen LogP contribution in [0.15, 0.2) is 72.0 Å². The number of hydrogen-bond acceptors (Lipinski definition) is 8. The Morgan fingerprint density at radius 2 is 1.77 bits per heavy atom. The highest BCUT2D eigenvalue weighted by Crippen LogP contribution is 2.19. The molecule has 2 heterocycles. The number of carbonyl (C=O) groups is 1. The number of nitrogen functional groups attached to an aromatic ring is 1. The first kappa shape index (κ1) is 26.4. The van der Waals surface area contributed by atoms with Gasteiger partial charge in [-0.15, -0.1) is 0 Å². The van der Waals surface area contributed by atoms with E-state index >= 15 is 0 Å². The number of anilines is 2. The van der Waals surface area contributed by atoms with E-state index in [2.05, 4.69) is 14.9 Å². The number of ether oxygens (including phenoxy) is 1. The molecule has 3 aromatic rings. The van der Waals surface area contributed by atoms with Crippen LogP contribution in [0.1, 0.15) is 14.3 Å². The minimum atomic E-state index is -2.21. The summed E-state index contributed by atoms with van der Waals surface area (Å²) in [7, 11) is 0. The number of hydrogen-bond donors (Lipinski definition) is 1. The lowest BCUT2D eigenvalue weighted by molar-refractivity contribution is -0.131. The quantitative estimate of drug-likeness (QED) is 0.372. The first-order valence-corrected chi connectivity index (χ1v) is 12.5. The fourth-order valence-electron chi connectivity index (χ4n) is 3.39. The van der Waals surface area contributed by atoms with Crippen molar-refractivity contribution in [2.75, 3.05) is 43.4 Å². The predicted molar refractivity (Wildman–Crippen MR) is 137 cm³/mol. The van der Waals surface area contributed by atoms with Crippen molar-refractivity contribution < 1.29 is 19.7 Å². The first-order valence-electron chi connectivity index (χ1n) is 11.0. The molecule has 0 saturated carbocycles. The number of nitrogens with zero attached hydrogens (tertiary/aromatic N) is 4. The number of halogens is 1. The number of aromatic nitrogens is 2. The summed E-state index contributed by atoms with van der Waals surface area (Å²) in [6, 6.07) is 15.6. The number of nitrogens with two attached hydrogens (primary N) is 1. The molecular weight excluding hydrogens is 490 g/mol. The van der Waals surface area contributed by atoms with Crippen LogP contribution in [0.5, 0.6) is 5.75 Å². The molecule has 1 amide bonds. The van der Waals surface area contributed by atoms with E-state index in [4.69, 9.17) is 22.1 Å². The monoisotopic (exact) mass is 518 g/mol. The molecule has 1 atom stereocenters. The van der Waals surface area contributed by atoms with Crippen molar-refractivity contribution in [2.45, 2.75) is 17.7 Å². The van der Waals surface area contributed by atoms with Gasteiger partial charge in [-0.3, -0.25) is 9.00 Å². The standard InChI is InChI=1S/C20H23ClN2O4S.C4H5N3.H2/c21-16-3-7-18(8-4-16)27-15-1-2-20(24)23-13-11-22(12-14-23)17-5-9-19(10-6-17)28(25)26;5-4-1-2-6-3-7-4;/h3-10H,1-2,11-15H2,(H,25,26);1-3H,(H2,5,6,7);1H/p-1. The zero-order valence-corrected chi connectivity index (χ0v) is 20.7. The molecule has 2 aromatic carbocycles. The van der Waals surface area contributed by atoms with E-state index < -0.39 is 11.1 Å². The summed E-state index contributed by atoms with van der Waals surface area (Å²) < 4.78 is 27.5. The van der Waals surface area contributed by atoms with Gasteiger partial charge in [0.2, 0.25) is 5.91 Å². The van der Waals surface area contributed by atoms with Crippen molar-refractivity contribution in [1.29, 1.82) is 0 Å². The van der Waals surface area contributed by atoms with Crippen LogP contribution in [0.3, 0.4) is 0 Å². The molecule has 1 aromatic heterocycles. The second-order valence-corrected chi connectivity index (χ2v) is 9.01. The first-order chi connectivity index (χ1) is 16.9. The van der Waals surface area contributed by atoms with Gasteiger partial charge in [-0.25, -0.2) is 9.97 Å². The molecule has 1 fully saturated rings. The summed E-state index contributed by atoms with van der Waals surface area (Å²) in [6.07, 6.45) is 4.13. The topological polar surface area (TPSA) is 125 Å². The molecule has 4 rings (SSSR count). The third-order valence-electron chi connectivity index (χ3n) is 5.25. The largest absolute Gasteiger partial charge is 0.768 e. The van der Waals surface area contributed by atoms with Gasteiger partial charge in [0, 0.05) is 55.8 Å². The maximum absolute atomic E-state index is 12.4. The Labute approximate surface area is 213 Å². The van der Waals surface area contributed by atoms with E-state index in [9.17, 15) is 13.6 Å². The number of benzene rings is 2. The molecule has 0 spiro atoms. The van der Waals surface area contributed by atoms with Gasteiger partial charge in [0.1, 0.15) is 17.9 Å². The van der Waals surface area contributed by atoms with Crippen LogP contribution in [-0.4, -0.2) is 62.3 Å². The van der Waals surface area contributed by atoms with Crippen LogP contribution in [0.25, 0.3) is 0 Å². The Hall–Kier alpha value is -3.21. The number of rotatable bonds is 7. The van der Waals surface area contributed by atoms with Crippen molar-refractivity contribution in [3.05, 3.63) is 72.1 Å². The fourth-order valence-corrected chi connectivity index (χ4v) is 3.87. The normalized spacial score (nSPS) is 14.0. The Bertz CT molecular complexity index is 1090. The Morgan fingerprint density at radius 3 is 2.31 bits per heavy atom. The van der Waals surface area contributed by atoms with E-state index in [-0.39, 0.29) is 12.2 Å². The molecule has 1 aliphatic rings. The number of piperazine rings is 1. The zero-order chi connectivity index (χ0) is 25.0. The van der Waals surface area contributed by atoms with Gasteiger partial charge < -0.3 is 24.8 Å². The van der Waals surface area contributed by atoms with E-state index in [1.165, 1.54) is 6.33 Å². The van der Waals surface area contributed by atoms with Crippen LogP contribution in [-0.2, 0) is 15.9 Å². The summed E-state index contributed by atoms with van der Waals surface area (Å²) in [5.74, 6) is 1.39. The summed E-state index contributed by atoms with van der Waals surface area (Å²) in [4.78, 5) is 24.0. The summed E-state index contributed by atoms with van der Waals surface area (Å²) in [6.45, 7) is 3.26. The van der Waals surface area contributed by atoms with Gasteiger partial charge in [-0.1, -0.05) is 11.6 Å². The van der Waals surface area contributed by atoms with Crippen molar-refractivity contribution in [3.8, 4) is 5.75 Å². The molecule has 1 aliphatic heterocycles. The van der Waals surface area contributed by atoms with Crippen molar-refractivity contribution in [1.82, 2.24) is 14.9 Å². The average molecular weight is 519 g/mol. The molecule has 1 saturated heterocycles. The van der Waals surface area contributed by atoms with Crippen LogP contribution in [0, 0.1) is 0 Å². The van der Waals surface area contributed by atoms with E-state index in [1.54, 1.807) is 48.7 Å². The Morgan fingerprint density at radius 1 is 1.09 bits per heavy atom. The van der Waals surface area contributed by atoms with Crippen molar-refractivity contribution in [3.63, 3.8) is 0 Å². The average Bonchev–Trinajstić information content (AvgIpc) is 2.88. The molecule has 0 aliphatic carbocycles. The highest BCUT2D eigenvalue weighted by Gasteiger charge is 2.21. The van der Waals surface area contributed by atoms with Crippen LogP contribution >= 0.6 is 11.6 Å². The highest BCUT2D eigenvalue weighted by molar-refractivity contribution is 7.79.